The number of anilines is 1. The largest absolute Gasteiger partial charge is 0.481 e. The molecule has 0 unspecified atom stereocenters. The van der Waals surface area contributed by atoms with Gasteiger partial charge in [-0.15, -0.1) is 0 Å². The minimum atomic E-state index is 0.779. The van der Waals surface area contributed by atoms with Crippen LogP contribution in [0.15, 0.2) is 0 Å². The SMILES string of the molecule is COc1nc(N2CCNCC2)nc2c1CCC2. The van der Waals surface area contributed by atoms with E-state index in [-0.39, 0.29) is 0 Å². The lowest BCUT2D eigenvalue weighted by Crippen LogP contribution is -2.44. The number of aryl methyl sites for hydroxylation is 1. The maximum atomic E-state index is 5.40. The first-order valence-electron chi connectivity index (χ1n) is 6.28. The van der Waals surface area contributed by atoms with Gasteiger partial charge in [0.1, 0.15) is 0 Å². The number of ether oxygens (including phenoxy) is 1. The van der Waals surface area contributed by atoms with Gasteiger partial charge in [0.05, 0.1) is 12.8 Å². The van der Waals surface area contributed by atoms with Gasteiger partial charge < -0.3 is 15.0 Å². The maximum Gasteiger partial charge on any atom is 0.228 e. The van der Waals surface area contributed by atoms with Gasteiger partial charge in [-0.25, -0.2) is 4.98 Å². The molecule has 0 saturated carbocycles. The molecule has 1 fully saturated rings. The summed E-state index contributed by atoms with van der Waals surface area (Å²) < 4.78 is 5.40. The number of hydrogen-bond donors (Lipinski definition) is 1. The Morgan fingerprint density at radius 1 is 1.18 bits per heavy atom. The normalized spacial score (nSPS) is 19.2. The molecule has 3 rings (SSSR count). The lowest BCUT2D eigenvalue weighted by Gasteiger charge is -2.27. The number of piperazine rings is 1. The molecule has 5 nitrogen and oxygen atoms in total. The zero-order valence-corrected chi connectivity index (χ0v) is 10.2. The van der Waals surface area contributed by atoms with E-state index >= 15 is 0 Å². The van der Waals surface area contributed by atoms with Gasteiger partial charge >= 0.3 is 0 Å². The number of rotatable bonds is 2. The van der Waals surface area contributed by atoms with E-state index in [0.717, 1.165) is 50.8 Å². The van der Waals surface area contributed by atoms with Crippen LogP contribution in [-0.4, -0.2) is 43.3 Å². The number of aromatic nitrogens is 2. The van der Waals surface area contributed by atoms with Crippen molar-refractivity contribution in [1.29, 1.82) is 0 Å². The minimum Gasteiger partial charge on any atom is -0.481 e. The van der Waals surface area contributed by atoms with E-state index in [0.29, 0.717) is 0 Å². The average Bonchev–Trinajstić information content (AvgIpc) is 2.86. The average molecular weight is 234 g/mol. The van der Waals surface area contributed by atoms with Gasteiger partial charge in [0.15, 0.2) is 0 Å². The number of nitrogens with one attached hydrogen (secondary N) is 1. The predicted octanol–water partition coefficient (Wildman–Crippen LogP) is 0.383. The fourth-order valence-electron chi connectivity index (χ4n) is 2.56. The molecule has 1 aromatic rings. The number of fused-ring (bicyclic) bond motifs is 1. The second kappa shape index (κ2) is 4.49. The van der Waals surface area contributed by atoms with Crippen molar-refractivity contribution < 1.29 is 4.74 Å². The molecule has 2 heterocycles. The quantitative estimate of drug-likeness (QED) is 0.802. The van der Waals surface area contributed by atoms with Gasteiger partial charge in [-0.3, -0.25) is 0 Å². The predicted molar refractivity (Wildman–Crippen MR) is 65.7 cm³/mol. The monoisotopic (exact) mass is 234 g/mol. The summed E-state index contributed by atoms with van der Waals surface area (Å²) >= 11 is 0. The minimum absolute atomic E-state index is 0.779. The standard InChI is InChI=1S/C12H18N4O/c1-17-11-9-3-2-4-10(9)14-12(15-11)16-7-5-13-6-8-16/h13H,2-8H2,1H3. The van der Waals surface area contributed by atoms with Crippen molar-refractivity contribution >= 4 is 5.95 Å². The summed E-state index contributed by atoms with van der Waals surface area (Å²) in [6.07, 6.45) is 3.29. The van der Waals surface area contributed by atoms with Crippen LogP contribution in [0.2, 0.25) is 0 Å². The van der Waals surface area contributed by atoms with Crippen LogP contribution in [0, 0.1) is 0 Å². The topological polar surface area (TPSA) is 50.3 Å². The lowest BCUT2D eigenvalue weighted by molar-refractivity contribution is 0.391. The third kappa shape index (κ3) is 1.95. The van der Waals surface area contributed by atoms with E-state index in [1.54, 1.807) is 7.11 Å². The molecule has 0 radical (unpaired) electrons. The molecule has 5 heteroatoms. The molecule has 0 amide bonds. The van der Waals surface area contributed by atoms with Gasteiger partial charge in [0.2, 0.25) is 11.8 Å². The highest BCUT2D eigenvalue weighted by molar-refractivity contribution is 5.42. The van der Waals surface area contributed by atoms with Gasteiger partial charge in [-0.2, -0.15) is 4.98 Å². The lowest BCUT2D eigenvalue weighted by atomic mass is 10.2. The molecule has 2 aliphatic rings. The molecule has 92 valence electrons. The molecule has 1 aliphatic heterocycles. The second-order valence-electron chi connectivity index (χ2n) is 4.55. The molecular weight excluding hydrogens is 216 g/mol. The van der Waals surface area contributed by atoms with E-state index in [9.17, 15) is 0 Å². The molecule has 0 bridgehead atoms. The van der Waals surface area contributed by atoms with Crippen LogP contribution in [0.5, 0.6) is 5.88 Å². The van der Waals surface area contributed by atoms with Gasteiger partial charge in [-0.05, 0) is 19.3 Å². The van der Waals surface area contributed by atoms with Gasteiger partial charge in [0.25, 0.3) is 0 Å². The van der Waals surface area contributed by atoms with Crippen molar-refractivity contribution in [1.82, 2.24) is 15.3 Å². The Morgan fingerprint density at radius 3 is 2.76 bits per heavy atom. The van der Waals surface area contributed by atoms with E-state index < -0.39 is 0 Å². The zero-order valence-electron chi connectivity index (χ0n) is 10.2. The maximum absolute atomic E-state index is 5.40. The molecule has 1 saturated heterocycles. The fourth-order valence-corrected chi connectivity index (χ4v) is 2.56. The first-order valence-corrected chi connectivity index (χ1v) is 6.28. The smallest absolute Gasteiger partial charge is 0.228 e. The molecule has 0 atom stereocenters. The summed E-state index contributed by atoms with van der Waals surface area (Å²) in [6, 6.07) is 0. The van der Waals surface area contributed by atoms with Crippen LogP contribution < -0.4 is 15.0 Å². The summed E-state index contributed by atoms with van der Waals surface area (Å²) in [7, 11) is 1.70. The molecule has 17 heavy (non-hydrogen) atoms. The molecule has 1 aromatic heterocycles. The Balaban J connectivity index is 1.94. The highest BCUT2D eigenvalue weighted by Gasteiger charge is 2.22. The first kappa shape index (κ1) is 10.8. The Kier molecular flexibility index (Phi) is 2.84. The number of nitrogens with zero attached hydrogens (tertiary/aromatic N) is 3. The summed E-state index contributed by atoms with van der Waals surface area (Å²) in [6.45, 7) is 3.95. The van der Waals surface area contributed by atoms with Crippen LogP contribution in [0.3, 0.4) is 0 Å². The van der Waals surface area contributed by atoms with E-state index in [4.69, 9.17) is 9.72 Å². The van der Waals surface area contributed by atoms with Crippen molar-refractivity contribution in [3.8, 4) is 5.88 Å². The zero-order chi connectivity index (χ0) is 11.7. The summed E-state index contributed by atoms with van der Waals surface area (Å²) in [5.41, 5.74) is 2.40. The summed E-state index contributed by atoms with van der Waals surface area (Å²) in [5, 5.41) is 3.34. The number of methoxy groups -OCH3 is 1. The Hall–Kier alpha value is -1.36. The van der Waals surface area contributed by atoms with E-state index in [1.807, 2.05) is 0 Å². The highest BCUT2D eigenvalue weighted by atomic mass is 16.5. The molecule has 0 spiro atoms. The highest BCUT2D eigenvalue weighted by Crippen LogP contribution is 2.29. The Morgan fingerprint density at radius 2 is 2.00 bits per heavy atom. The Labute approximate surface area is 101 Å². The fraction of sp³-hybridized carbons (Fsp3) is 0.667. The van der Waals surface area contributed by atoms with Crippen molar-refractivity contribution in [2.45, 2.75) is 19.3 Å². The number of hydrogen-bond acceptors (Lipinski definition) is 5. The van der Waals surface area contributed by atoms with Gasteiger partial charge in [0, 0.05) is 31.7 Å². The van der Waals surface area contributed by atoms with Gasteiger partial charge in [-0.1, -0.05) is 0 Å². The van der Waals surface area contributed by atoms with Crippen molar-refractivity contribution in [2.24, 2.45) is 0 Å². The van der Waals surface area contributed by atoms with Crippen molar-refractivity contribution in [3.05, 3.63) is 11.3 Å². The van der Waals surface area contributed by atoms with Crippen LogP contribution in [0.1, 0.15) is 17.7 Å². The second-order valence-corrected chi connectivity index (χ2v) is 4.55. The van der Waals surface area contributed by atoms with Crippen LogP contribution in [-0.2, 0) is 12.8 Å². The summed E-state index contributed by atoms with van der Waals surface area (Å²) in [5.74, 6) is 1.62. The van der Waals surface area contributed by atoms with Crippen LogP contribution >= 0.6 is 0 Å². The molecule has 1 aliphatic carbocycles. The third-order valence-corrected chi connectivity index (χ3v) is 3.48. The van der Waals surface area contributed by atoms with E-state index in [1.165, 1.54) is 17.7 Å². The van der Waals surface area contributed by atoms with E-state index in [2.05, 4.69) is 15.2 Å². The first-order chi connectivity index (χ1) is 8.38. The third-order valence-electron chi connectivity index (χ3n) is 3.48. The van der Waals surface area contributed by atoms with Crippen molar-refractivity contribution in [3.63, 3.8) is 0 Å². The van der Waals surface area contributed by atoms with Crippen LogP contribution in [0.4, 0.5) is 5.95 Å². The van der Waals surface area contributed by atoms with Crippen molar-refractivity contribution in [2.75, 3.05) is 38.2 Å². The molecule has 0 aromatic carbocycles. The molecule has 1 N–H and O–H groups in total. The van der Waals surface area contributed by atoms with Crippen LogP contribution in [0.25, 0.3) is 0 Å². The Bertz CT molecular complexity index is 415. The summed E-state index contributed by atoms with van der Waals surface area (Å²) in [4.78, 5) is 11.5. The molecular formula is C12H18N4O.